The van der Waals surface area contributed by atoms with Gasteiger partial charge >= 0.3 is 12.3 Å². The van der Waals surface area contributed by atoms with Gasteiger partial charge in [0.15, 0.2) is 0 Å². The summed E-state index contributed by atoms with van der Waals surface area (Å²) in [5, 5.41) is 0.413. The van der Waals surface area contributed by atoms with Gasteiger partial charge in [-0.3, -0.25) is 4.79 Å². The number of hydrogen-bond acceptors (Lipinski definition) is 3. The van der Waals surface area contributed by atoms with Gasteiger partial charge in [0.1, 0.15) is 6.61 Å². The summed E-state index contributed by atoms with van der Waals surface area (Å²) in [5.74, 6) is -2.90. The van der Waals surface area contributed by atoms with Gasteiger partial charge in [-0.05, 0) is 23.8 Å². The SMILES string of the molecule is Cn1cc([C@H](CC(=O)N2CCOC2=O)C(F)(F)F)c2cc(Br)ccc21. The molecule has 0 unspecified atom stereocenters. The molecule has 1 aromatic carbocycles. The molecule has 5 nitrogen and oxygen atoms in total. The number of nitrogens with zero attached hydrogens (tertiary/aromatic N) is 2. The van der Waals surface area contributed by atoms with E-state index in [1.807, 2.05) is 0 Å². The smallest absolute Gasteiger partial charge is 0.416 e. The van der Waals surface area contributed by atoms with Gasteiger partial charge in [-0.25, -0.2) is 9.69 Å². The van der Waals surface area contributed by atoms with Gasteiger partial charge in [-0.1, -0.05) is 15.9 Å². The van der Waals surface area contributed by atoms with Crippen molar-refractivity contribution in [2.24, 2.45) is 7.05 Å². The predicted octanol–water partition coefficient (Wildman–Crippen LogP) is 3.96. The number of benzene rings is 1. The van der Waals surface area contributed by atoms with Gasteiger partial charge in [-0.2, -0.15) is 13.2 Å². The Kier molecular flexibility index (Phi) is 4.52. The molecule has 2 aromatic rings. The third-order valence-corrected chi connectivity index (χ3v) is 4.69. The summed E-state index contributed by atoms with van der Waals surface area (Å²) in [6, 6.07) is 5.04. The number of aryl methyl sites for hydroxylation is 1. The molecule has 0 spiro atoms. The first-order valence-electron chi connectivity index (χ1n) is 7.47. The summed E-state index contributed by atoms with van der Waals surface area (Å²) in [4.78, 5) is 24.4. The Labute approximate surface area is 149 Å². The van der Waals surface area contributed by atoms with Crippen LogP contribution in [0.3, 0.4) is 0 Å². The number of aromatic nitrogens is 1. The van der Waals surface area contributed by atoms with Crippen LogP contribution in [0.15, 0.2) is 28.9 Å². The molecule has 1 saturated heterocycles. The van der Waals surface area contributed by atoms with E-state index in [0.717, 1.165) is 4.90 Å². The van der Waals surface area contributed by atoms with Gasteiger partial charge < -0.3 is 9.30 Å². The van der Waals surface area contributed by atoms with Gasteiger partial charge in [0.2, 0.25) is 5.91 Å². The molecule has 134 valence electrons. The van der Waals surface area contributed by atoms with E-state index in [1.54, 1.807) is 29.8 Å². The van der Waals surface area contributed by atoms with Gasteiger partial charge in [-0.15, -0.1) is 0 Å². The normalized spacial score (nSPS) is 16.4. The highest BCUT2D eigenvalue weighted by atomic mass is 79.9. The van der Waals surface area contributed by atoms with Gasteiger partial charge in [0.05, 0.1) is 12.5 Å². The first kappa shape index (κ1) is 17.8. The number of fused-ring (bicyclic) bond motifs is 1. The minimum Gasteiger partial charge on any atom is -0.447 e. The van der Waals surface area contributed by atoms with Crippen LogP contribution in [0.1, 0.15) is 17.9 Å². The highest BCUT2D eigenvalue weighted by Crippen LogP contribution is 2.42. The summed E-state index contributed by atoms with van der Waals surface area (Å²) >= 11 is 3.26. The minimum atomic E-state index is -4.63. The number of carbonyl (C=O) groups is 2. The zero-order valence-corrected chi connectivity index (χ0v) is 14.7. The summed E-state index contributed by atoms with van der Waals surface area (Å²) in [5.41, 5.74) is 0.632. The van der Waals surface area contributed by atoms with Crippen LogP contribution >= 0.6 is 15.9 Å². The lowest BCUT2D eigenvalue weighted by Gasteiger charge is -2.21. The minimum absolute atomic E-state index is 0.00245. The van der Waals surface area contributed by atoms with Gasteiger partial charge in [0, 0.05) is 35.0 Å². The maximum absolute atomic E-state index is 13.7. The van der Waals surface area contributed by atoms with E-state index in [2.05, 4.69) is 20.7 Å². The maximum Gasteiger partial charge on any atom is 0.416 e. The number of ether oxygens (including phenoxy) is 1. The lowest BCUT2D eigenvalue weighted by Crippen LogP contribution is -2.35. The first-order valence-corrected chi connectivity index (χ1v) is 8.26. The first-order chi connectivity index (χ1) is 11.7. The quantitative estimate of drug-likeness (QED) is 0.757. The summed E-state index contributed by atoms with van der Waals surface area (Å²) in [7, 11) is 1.65. The van der Waals surface area contributed by atoms with Crippen LogP contribution in [0.5, 0.6) is 0 Å². The van der Waals surface area contributed by atoms with E-state index in [-0.39, 0.29) is 18.7 Å². The third kappa shape index (κ3) is 3.37. The molecular weight excluding hydrogens is 405 g/mol. The van der Waals surface area contributed by atoms with Crippen molar-refractivity contribution in [3.63, 3.8) is 0 Å². The van der Waals surface area contributed by atoms with Crippen molar-refractivity contribution in [3.8, 4) is 0 Å². The number of cyclic esters (lactones) is 1. The average molecular weight is 419 g/mol. The van der Waals surface area contributed by atoms with Gasteiger partial charge in [0.25, 0.3) is 0 Å². The molecule has 0 radical (unpaired) electrons. The monoisotopic (exact) mass is 418 g/mol. The molecule has 2 amide bonds. The number of carbonyl (C=O) groups excluding carboxylic acids is 2. The molecule has 3 rings (SSSR count). The highest BCUT2D eigenvalue weighted by Gasteiger charge is 2.45. The largest absolute Gasteiger partial charge is 0.447 e. The van der Waals surface area contributed by atoms with Crippen molar-refractivity contribution in [1.82, 2.24) is 9.47 Å². The van der Waals surface area contributed by atoms with Crippen LogP contribution in [0.25, 0.3) is 10.9 Å². The molecule has 9 heteroatoms. The maximum atomic E-state index is 13.7. The Balaban J connectivity index is 2.01. The molecule has 1 atom stereocenters. The number of imide groups is 1. The van der Waals surface area contributed by atoms with Crippen LogP contribution in [0.4, 0.5) is 18.0 Å². The van der Waals surface area contributed by atoms with E-state index in [0.29, 0.717) is 15.4 Å². The molecule has 1 fully saturated rings. The van der Waals surface area contributed by atoms with Crippen LogP contribution in [-0.4, -0.2) is 40.8 Å². The second kappa shape index (κ2) is 6.36. The van der Waals surface area contributed by atoms with Crippen molar-refractivity contribution in [3.05, 3.63) is 34.4 Å². The Morgan fingerprint density at radius 2 is 2.12 bits per heavy atom. The third-order valence-electron chi connectivity index (χ3n) is 4.19. The van der Waals surface area contributed by atoms with Crippen molar-refractivity contribution in [1.29, 1.82) is 0 Å². The fourth-order valence-corrected chi connectivity index (χ4v) is 3.34. The average Bonchev–Trinajstić information content (AvgIpc) is 3.07. The van der Waals surface area contributed by atoms with E-state index >= 15 is 0 Å². The standard InChI is InChI=1S/C16H14BrF3N2O3/c1-21-8-11(10-6-9(17)2-3-13(10)21)12(16(18,19)20)7-14(23)22-4-5-25-15(22)24/h2-3,6,8,12H,4-5,7H2,1H3/t12-/m0/s1. The van der Waals surface area contributed by atoms with Crippen LogP contribution in [0, 0.1) is 0 Å². The molecule has 25 heavy (non-hydrogen) atoms. The van der Waals surface area contributed by atoms with Crippen molar-refractivity contribution in [2.75, 3.05) is 13.2 Å². The number of amides is 2. The molecule has 1 aliphatic heterocycles. The zero-order chi connectivity index (χ0) is 18.4. The van der Waals surface area contributed by atoms with Crippen molar-refractivity contribution >= 4 is 38.8 Å². The fourth-order valence-electron chi connectivity index (χ4n) is 2.98. The van der Waals surface area contributed by atoms with E-state index in [9.17, 15) is 22.8 Å². The summed E-state index contributed by atoms with van der Waals surface area (Å²) < 4.78 is 47.9. The van der Waals surface area contributed by atoms with Crippen LogP contribution in [-0.2, 0) is 16.6 Å². The molecule has 2 heterocycles. The van der Waals surface area contributed by atoms with E-state index < -0.39 is 30.5 Å². The number of hydrogen-bond donors (Lipinski definition) is 0. The molecule has 0 bridgehead atoms. The zero-order valence-electron chi connectivity index (χ0n) is 13.1. The number of halogens is 4. The Morgan fingerprint density at radius 3 is 2.72 bits per heavy atom. The van der Waals surface area contributed by atoms with Crippen molar-refractivity contribution in [2.45, 2.75) is 18.5 Å². The van der Waals surface area contributed by atoms with Crippen LogP contribution < -0.4 is 0 Å². The molecule has 0 N–H and O–H groups in total. The lowest BCUT2D eigenvalue weighted by atomic mass is 9.94. The summed E-state index contributed by atoms with van der Waals surface area (Å²) in [6.45, 7) is -0.0220. The van der Waals surface area contributed by atoms with Crippen molar-refractivity contribution < 1.29 is 27.5 Å². The molecule has 1 aliphatic rings. The predicted molar refractivity (Wildman–Crippen MR) is 87.1 cm³/mol. The Bertz CT molecular complexity index is 847. The topological polar surface area (TPSA) is 51.5 Å². The summed E-state index contributed by atoms with van der Waals surface area (Å²) in [6.07, 6.45) is -4.99. The molecule has 0 aliphatic carbocycles. The highest BCUT2D eigenvalue weighted by molar-refractivity contribution is 9.10. The second-order valence-corrected chi connectivity index (χ2v) is 6.73. The van der Waals surface area contributed by atoms with E-state index in [4.69, 9.17) is 0 Å². The molecule has 1 aromatic heterocycles. The molecule has 0 saturated carbocycles. The van der Waals surface area contributed by atoms with Crippen LogP contribution in [0.2, 0.25) is 0 Å². The fraction of sp³-hybridized carbons (Fsp3) is 0.375. The Morgan fingerprint density at radius 1 is 1.40 bits per heavy atom. The Hall–Kier alpha value is -2.03. The number of rotatable bonds is 3. The molecular formula is C16H14BrF3N2O3. The second-order valence-electron chi connectivity index (χ2n) is 5.81. The number of alkyl halides is 3. The lowest BCUT2D eigenvalue weighted by molar-refractivity contribution is -0.159. The van der Waals surface area contributed by atoms with E-state index in [1.165, 1.54) is 6.20 Å².